The molecule has 0 radical (unpaired) electrons. The molecule has 3 N–H and O–H groups in total. The maximum absolute atomic E-state index is 13.6. The van der Waals surface area contributed by atoms with Crippen molar-refractivity contribution >= 4 is 91.7 Å². The summed E-state index contributed by atoms with van der Waals surface area (Å²) in [7, 11) is 1.61. The van der Waals surface area contributed by atoms with E-state index < -0.39 is 5.95 Å². The molecule has 1 aliphatic carbocycles. The average molecular weight is 1560 g/mol. The van der Waals surface area contributed by atoms with E-state index in [0.717, 1.165) is 149 Å². The highest BCUT2D eigenvalue weighted by atomic mass is 32.1. The second kappa shape index (κ2) is 36.4. The molecule has 10 aromatic heterocycles. The van der Waals surface area contributed by atoms with E-state index in [4.69, 9.17) is 83.4 Å². The Morgan fingerprint density at radius 2 is 0.912 bits per heavy atom. The standard InChI is InChI=1S/C30H29N7O2S.C27H23FN8OS.C26H27N7OS/c1-4-22-7-6-21(14-27(22)38-3)17-33-30(40)36-12-10-35(11-13-36)28-9-8-23(18-32-28)26-15-25(39-5-2)20-37-29(26)24(16-31)19-34-37;1-3-18-11-21(16-31-26(18)28)33-27(38)35-9-7-34(8-10-35)24-6-5-19(14-30-24)23-12-22(37-4-2)17-36-25(23)20(13-29)15-32-36;1-2-34-22-14-23(25-21(15-27)17-30-33(25)18-22)20-7-8-24(29-16-20)31-10-12-32(13-11-31)26(35)28-9-3-4-19-5-6-19/h1,6-9,14-15,18-20H,5,10-13,17H2,2-3H3,(H,33,40);1,5-6,11-12,14-17H,4,7-10H2,2H3,(H,33,38);7-8,14,16-19H,2,5-6,9-13H2,1H3,(H,28,35). The highest BCUT2D eigenvalue weighted by Gasteiger charge is 2.26. The van der Waals surface area contributed by atoms with Crippen molar-refractivity contribution in [2.24, 2.45) is 5.92 Å². The molecular weight excluding hydrogens is 1480 g/mol. The van der Waals surface area contributed by atoms with Crippen LogP contribution in [0, 0.1) is 82.4 Å². The Morgan fingerprint density at radius 3 is 1.28 bits per heavy atom. The molecule has 0 spiro atoms. The Balaban J connectivity index is 0.000000148. The first-order valence-electron chi connectivity index (χ1n) is 36.8. The first-order valence-corrected chi connectivity index (χ1v) is 38.1. The van der Waals surface area contributed by atoms with Crippen LogP contribution in [0.3, 0.4) is 0 Å². The number of nitrogens with one attached hydrogen (secondary N) is 3. The van der Waals surface area contributed by atoms with Gasteiger partial charge in [0.25, 0.3) is 0 Å². The lowest BCUT2D eigenvalue weighted by Gasteiger charge is -2.36. The van der Waals surface area contributed by atoms with E-state index in [1.54, 1.807) is 64.0 Å². The molecule has 0 atom stereocenters. The molecule has 570 valence electrons. The highest BCUT2D eigenvalue weighted by molar-refractivity contribution is 7.80. The first kappa shape index (κ1) is 77.8. The molecule has 11 aromatic rings. The van der Waals surface area contributed by atoms with E-state index in [1.807, 2.05) is 111 Å². The summed E-state index contributed by atoms with van der Waals surface area (Å²) in [6, 6.07) is 31.8. The summed E-state index contributed by atoms with van der Waals surface area (Å²) in [5.74, 6) is 16.7. The van der Waals surface area contributed by atoms with Gasteiger partial charge in [-0.05, 0) is 149 Å². The third-order valence-electron chi connectivity index (χ3n) is 19.2. The molecule has 3 saturated heterocycles. The number of halogens is 1. The molecule has 3 aliphatic heterocycles. The third-order valence-corrected chi connectivity index (χ3v) is 20.4. The number of aromatic nitrogens is 10. The molecule has 1 saturated carbocycles. The van der Waals surface area contributed by atoms with E-state index in [1.165, 1.54) is 25.1 Å². The number of nitrogens with zero attached hydrogens (tertiary/aromatic N) is 19. The van der Waals surface area contributed by atoms with Crippen molar-refractivity contribution in [1.29, 1.82) is 15.8 Å². The summed E-state index contributed by atoms with van der Waals surface area (Å²) in [4.78, 5) is 31.0. The summed E-state index contributed by atoms with van der Waals surface area (Å²) in [6.45, 7) is 17.9. The summed E-state index contributed by atoms with van der Waals surface area (Å²) in [5, 5.41) is 53.4. The fourth-order valence-electron chi connectivity index (χ4n) is 13.3. The minimum Gasteiger partial charge on any atom is -0.495 e. The van der Waals surface area contributed by atoms with Crippen molar-refractivity contribution < 1.29 is 23.3 Å². The normalized spacial score (nSPS) is 13.8. The molecule has 4 aliphatic rings. The monoisotopic (exact) mass is 1560 g/mol. The van der Waals surface area contributed by atoms with Crippen LogP contribution >= 0.6 is 36.7 Å². The van der Waals surface area contributed by atoms with Crippen molar-refractivity contribution in [3.63, 3.8) is 0 Å². The Hall–Kier alpha value is -13.4. The number of benzene rings is 1. The minimum absolute atomic E-state index is 0.0829. The van der Waals surface area contributed by atoms with E-state index in [0.29, 0.717) is 108 Å². The minimum atomic E-state index is -0.682. The Morgan fingerprint density at radius 1 is 0.496 bits per heavy atom. The fraction of sp³-hybridized carbons (Fsp3) is 0.289. The highest BCUT2D eigenvalue weighted by Crippen LogP contribution is 2.36. The summed E-state index contributed by atoms with van der Waals surface area (Å²) >= 11 is 16.8. The first-order chi connectivity index (χ1) is 55.2. The van der Waals surface area contributed by atoms with Crippen molar-refractivity contribution in [1.82, 2.24) is 74.1 Å². The average Bonchev–Trinajstić information content (AvgIpc) is 1.68. The lowest BCUT2D eigenvalue weighted by molar-refractivity contribution is 0.338. The summed E-state index contributed by atoms with van der Waals surface area (Å²) < 4.78 is 41.1. The van der Waals surface area contributed by atoms with Crippen LogP contribution in [-0.4, -0.2) is 191 Å². The Kier molecular flexibility index (Phi) is 25.1. The molecule has 0 bridgehead atoms. The molecule has 15 rings (SSSR count). The lowest BCUT2D eigenvalue weighted by Crippen LogP contribution is -2.52. The number of anilines is 4. The van der Waals surface area contributed by atoms with Crippen LogP contribution in [0.15, 0.2) is 141 Å². The molecule has 26 nitrogen and oxygen atoms in total. The fourth-order valence-corrected chi connectivity index (χ4v) is 14.1. The number of thiocarbonyl (C=S) groups is 3. The van der Waals surface area contributed by atoms with E-state index in [2.05, 4.69) is 103 Å². The van der Waals surface area contributed by atoms with E-state index >= 15 is 0 Å². The van der Waals surface area contributed by atoms with Crippen LogP contribution in [0.2, 0.25) is 0 Å². The van der Waals surface area contributed by atoms with Crippen LogP contribution < -0.4 is 49.6 Å². The van der Waals surface area contributed by atoms with E-state index in [-0.39, 0.29) is 5.56 Å². The molecule has 30 heteroatoms. The topological polar surface area (TPSA) is 267 Å². The van der Waals surface area contributed by atoms with Crippen LogP contribution in [0.1, 0.15) is 67.0 Å². The number of terminal acetylenes is 2. The van der Waals surface area contributed by atoms with Crippen LogP contribution in [-0.2, 0) is 6.54 Å². The van der Waals surface area contributed by atoms with Crippen molar-refractivity contribution in [3.8, 4) is 111 Å². The molecular formula is C83H79FN22O4S3. The SMILES string of the molecule is C#Cc1cc(NC(=S)N2CCN(c3ccc(-c4cc(OCC)cn5ncc(C#N)c45)cn3)CC2)cnc1F.C#Cc1ccc(CNC(=S)N2CCN(c3ccc(-c4cc(OCC)cn5ncc(C#N)c45)cn3)CC2)cc1OC.CCOc1cc(-c2ccc(N3CCN(C(=S)NCC#CC4CC4)CC3)nc2)c2c(C#N)cnn2c1. The van der Waals surface area contributed by atoms with Gasteiger partial charge in [0, 0.05) is 143 Å². The van der Waals surface area contributed by atoms with Gasteiger partial charge in [0.05, 0.1) is 127 Å². The van der Waals surface area contributed by atoms with Gasteiger partial charge in [-0.15, -0.1) is 12.8 Å². The zero-order chi connectivity index (χ0) is 78.9. The van der Waals surface area contributed by atoms with Gasteiger partial charge in [0.1, 0.15) is 58.7 Å². The largest absolute Gasteiger partial charge is 0.495 e. The predicted octanol–water partition coefficient (Wildman–Crippen LogP) is 10.6. The zero-order valence-corrected chi connectivity index (χ0v) is 65.1. The Labute approximate surface area is 670 Å². The van der Waals surface area contributed by atoms with Gasteiger partial charge in [-0.25, -0.2) is 33.5 Å². The number of hydrogen-bond donors (Lipinski definition) is 3. The zero-order valence-electron chi connectivity index (χ0n) is 62.7. The third kappa shape index (κ3) is 18.4. The van der Waals surface area contributed by atoms with Crippen LogP contribution in [0.5, 0.6) is 23.0 Å². The number of methoxy groups -OCH3 is 1. The number of rotatable bonds is 17. The summed E-state index contributed by atoms with van der Waals surface area (Å²) in [5.41, 5.74) is 11.3. The maximum Gasteiger partial charge on any atom is 0.228 e. The van der Waals surface area contributed by atoms with Gasteiger partial charge in [-0.2, -0.15) is 35.5 Å². The number of pyridine rings is 7. The van der Waals surface area contributed by atoms with Gasteiger partial charge in [0.2, 0.25) is 5.95 Å². The number of nitriles is 3. The van der Waals surface area contributed by atoms with Crippen LogP contribution in [0.4, 0.5) is 27.5 Å². The summed E-state index contributed by atoms with van der Waals surface area (Å²) in [6.07, 6.45) is 30.2. The molecule has 13 heterocycles. The van der Waals surface area contributed by atoms with Crippen molar-refractivity contribution in [2.45, 2.75) is 40.2 Å². The van der Waals surface area contributed by atoms with Gasteiger partial charge < -0.3 is 64.3 Å². The second-order valence-electron chi connectivity index (χ2n) is 26.3. The molecule has 0 amide bonds. The maximum atomic E-state index is 13.6. The number of fused-ring (bicyclic) bond motifs is 3. The van der Waals surface area contributed by atoms with Gasteiger partial charge in [-0.3, -0.25) is 0 Å². The van der Waals surface area contributed by atoms with Crippen molar-refractivity contribution in [2.75, 3.05) is 132 Å². The molecule has 4 fully saturated rings. The smallest absolute Gasteiger partial charge is 0.228 e. The molecule has 1 aromatic carbocycles. The predicted molar refractivity (Wildman–Crippen MR) is 444 cm³/mol. The quantitative estimate of drug-likeness (QED) is 0.0434. The van der Waals surface area contributed by atoms with Crippen molar-refractivity contribution in [3.05, 3.63) is 180 Å². The Bertz CT molecular complexity index is 5600. The van der Waals surface area contributed by atoms with E-state index in [9.17, 15) is 20.2 Å². The number of hydrogen-bond acceptors (Lipinski definition) is 20. The lowest BCUT2D eigenvalue weighted by atomic mass is 10.1. The molecule has 113 heavy (non-hydrogen) atoms. The molecule has 0 unspecified atom stereocenters. The van der Waals surface area contributed by atoms with Gasteiger partial charge >= 0.3 is 0 Å². The number of ether oxygens (including phenoxy) is 4. The number of piperazine rings is 3. The van der Waals surface area contributed by atoms with Gasteiger partial charge in [-0.1, -0.05) is 29.7 Å². The van der Waals surface area contributed by atoms with Gasteiger partial charge in [0.15, 0.2) is 15.3 Å². The van der Waals surface area contributed by atoms with Crippen LogP contribution in [0.25, 0.3) is 49.9 Å². The second-order valence-corrected chi connectivity index (χ2v) is 27.5.